The number of hydrogen-bond donors (Lipinski definition) is 1. The normalized spacial score (nSPS) is 12.3. The zero-order valence-electron chi connectivity index (χ0n) is 18.4. The number of carbonyl (C=O) groups excluding carboxylic acids is 2. The van der Waals surface area contributed by atoms with Crippen LogP contribution >= 0.6 is 0 Å². The Bertz CT molecular complexity index is 792. The summed E-state index contributed by atoms with van der Waals surface area (Å²) < 4.78 is 0. The lowest BCUT2D eigenvalue weighted by Gasteiger charge is -2.30. The molecule has 2 amide bonds. The summed E-state index contributed by atoms with van der Waals surface area (Å²) >= 11 is 0. The Morgan fingerprint density at radius 1 is 0.966 bits per heavy atom. The molecule has 0 aliphatic rings. The van der Waals surface area contributed by atoms with E-state index >= 15 is 0 Å². The number of benzene rings is 2. The van der Waals surface area contributed by atoms with Gasteiger partial charge in [0.15, 0.2) is 0 Å². The monoisotopic (exact) mass is 394 g/mol. The van der Waals surface area contributed by atoms with E-state index in [1.807, 2.05) is 37.3 Å². The van der Waals surface area contributed by atoms with Gasteiger partial charge in [-0.15, -0.1) is 0 Å². The van der Waals surface area contributed by atoms with Crippen LogP contribution in [0.2, 0.25) is 0 Å². The molecule has 2 aromatic rings. The lowest BCUT2D eigenvalue weighted by Crippen LogP contribution is -2.48. The van der Waals surface area contributed by atoms with Crippen LogP contribution in [0.15, 0.2) is 54.6 Å². The molecular formula is C25H34N2O2. The maximum absolute atomic E-state index is 13.1. The van der Waals surface area contributed by atoms with Gasteiger partial charge in [0.1, 0.15) is 6.04 Å². The number of aryl methyl sites for hydroxylation is 1. The lowest BCUT2D eigenvalue weighted by atomic mass is 9.86. The van der Waals surface area contributed by atoms with Crippen LogP contribution in [0.25, 0.3) is 0 Å². The Morgan fingerprint density at radius 2 is 1.59 bits per heavy atom. The Morgan fingerprint density at radius 3 is 2.10 bits per heavy atom. The van der Waals surface area contributed by atoms with Gasteiger partial charge in [-0.3, -0.25) is 9.59 Å². The first kappa shape index (κ1) is 22.7. The molecule has 0 fully saturated rings. The molecule has 0 spiro atoms. The van der Waals surface area contributed by atoms with Crippen molar-refractivity contribution in [2.24, 2.45) is 0 Å². The Hall–Kier alpha value is -2.62. The summed E-state index contributed by atoms with van der Waals surface area (Å²) in [5, 5.41) is 2.70. The van der Waals surface area contributed by atoms with E-state index < -0.39 is 6.04 Å². The van der Waals surface area contributed by atoms with E-state index in [2.05, 4.69) is 50.4 Å². The van der Waals surface area contributed by atoms with Gasteiger partial charge >= 0.3 is 0 Å². The van der Waals surface area contributed by atoms with Crippen molar-refractivity contribution < 1.29 is 9.59 Å². The predicted molar refractivity (Wildman–Crippen MR) is 119 cm³/mol. The summed E-state index contributed by atoms with van der Waals surface area (Å²) in [6, 6.07) is 17.9. The van der Waals surface area contributed by atoms with E-state index in [-0.39, 0.29) is 17.2 Å². The predicted octanol–water partition coefficient (Wildman–Crippen LogP) is 4.47. The third-order valence-electron chi connectivity index (χ3n) is 5.28. The van der Waals surface area contributed by atoms with Gasteiger partial charge in [0.25, 0.3) is 0 Å². The number of nitrogens with zero attached hydrogens (tertiary/aromatic N) is 1. The van der Waals surface area contributed by atoms with Crippen LogP contribution in [0, 0.1) is 0 Å². The molecule has 0 saturated heterocycles. The molecule has 4 heteroatoms. The molecule has 4 nitrogen and oxygen atoms in total. The number of hydrogen-bond acceptors (Lipinski definition) is 2. The van der Waals surface area contributed by atoms with Crippen molar-refractivity contribution in [3.63, 3.8) is 0 Å². The van der Waals surface area contributed by atoms with E-state index in [0.717, 1.165) is 11.1 Å². The molecule has 0 radical (unpaired) electrons. The van der Waals surface area contributed by atoms with Crippen LogP contribution in [-0.4, -0.2) is 29.8 Å². The SMILES string of the molecule is CC[C@H](C(=O)NC)N(Cc1ccccc1)C(=O)CCc1ccc(C(C)(C)C)cc1. The maximum atomic E-state index is 13.1. The van der Waals surface area contributed by atoms with Crippen LogP contribution in [0.4, 0.5) is 0 Å². The fourth-order valence-electron chi connectivity index (χ4n) is 3.43. The van der Waals surface area contributed by atoms with Gasteiger partial charge in [-0.1, -0.05) is 82.3 Å². The highest BCUT2D eigenvalue weighted by Gasteiger charge is 2.27. The second-order valence-corrected chi connectivity index (χ2v) is 8.49. The second-order valence-electron chi connectivity index (χ2n) is 8.49. The highest BCUT2D eigenvalue weighted by Crippen LogP contribution is 2.23. The van der Waals surface area contributed by atoms with E-state index in [1.165, 1.54) is 5.56 Å². The van der Waals surface area contributed by atoms with E-state index in [4.69, 9.17) is 0 Å². The summed E-state index contributed by atoms with van der Waals surface area (Å²) in [5.74, 6) is -0.115. The summed E-state index contributed by atoms with van der Waals surface area (Å²) in [5.41, 5.74) is 3.56. The first-order valence-corrected chi connectivity index (χ1v) is 10.4. The van der Waals surface area contributed by atoms with Crippen molar-refractivity contribution in [3.05, 3.63) is 71.3 Å². The standard InChI is InChI=1S/C25H34N2O2/c1-6-22(24(29)26-5)27(18-20-10-8-7-9-11-20)23(28)17-14-19-12-15-21(16-13-19)25(2,3)4/h7-13,15-16,22H,6,14,17-18H2,1-5H3,(H,26,29)/t22-/m1/s1. The maximum Gasteiger partial charge on any atom is 0.242 e. The highest BCUT2D eigenvalue weighted by atomic mass is 16.2. The molecule has 156 valence electrons. The van der Waals surface area contributed by atoms with E-state index in [9.17, 15) is 9.59 Å². The minimum absolute atomic E-state index is 0.00389. The zero-order chi connectivity index (χ0) is 21.4. The number of rotatable bonds is 8. The van der Waals surface area contributed by atoms with Crippen LogP contribution in [0.5, 0.6) is 0 Å². The summed E-state index contributed by atoms with van der Waals surface area (Å²) in [4.78, 5) is 27.2. The van der Waals surface area contributed by atoms with Crippen molar-refractivity contribution in [1.82, 2.24) is 10.2 Å². The average Bonchev–Trinajstić information content (AvgIpc) is 2.72. The van der Waals surface area contributed by atoms with Gasteiger partial charge < -0.3 is 10.2 Å². The van der Waals surface area contributed by atoms with Crippen molar-refractivity contribution >= 4 is 11.8 Å². The van der Waals surface area contributed by atoms with Gasteiger partial charge in [-0.05, 0) is 34.9 Å². The smallest absolute Gasteiger partial charge is 0.242 e. The fourth-order valence-corrected chi connectivity index (χ4v) is 3.43. The second kappa shape index (κ2) is 10.2. The van der Waals surface area contributed by atoms with E-state index in [0.29, 0.717) is 25.8 Å². The molecule has 0 aliphatic carbocycles. The zero-order valence-corrected chi connectivity index (χ0v) is 18.4. The highest BCUT2D eigenvalue weighted by molar-refractivity contribution is 5.87. The topological polar surface area (TPSA) is 49.4 Å². The molecule has 0 saturated carbocycles. The van der Waals surface area contributed by atoms with Crippen molar-refractivity contribution in [2.45, 2.75) is 65.0 Å². The number of likely N-dealkylation sites (N-methyl/N-ethyl adjacent to an activating group) is 1. The van der Waals surface area contributed by atoms with Gasteiger partial charge in [0.05, 0.1) is 0 Å². The lowest BCUT2D eigenvalue weighted by molar-refractivity contribution is -0.141. The molecule has 1 N–H and O–H groups in total. The Balaban J connectivity index is 2.12. The number of amides is 2. The minimum Gasteiger partial charge on any atom is -0.357 e. The molecule has 0 unspecified atom stereocenters. The van der Waals surface area contributed by atoms with Crippen LogP contribution in [-0.2, 0) is 28.0 Å². The summed E-state index contributed by atoms with van der Waals surface area (Å²) in [7, 11) is 1.62. The molecule has 1 atom stereocenters. The van der Waals surface area contributed by atoms with E-state index in [1.54, 1.807) is 11.9 Å². The van der Waals surface area contributed by atoms with Gasteiger partial charge in [-0.25, -0.2) is 0 Å². The number of nitrogens with one attached hydrogen (secondary N) is 1. The van der Waals surface area contributed by atoms with Gasteiger partial charge in [0.2, 0.25) is 11.8 Å². The molecule has 0 aromatic heterocycles. The average molecular weight is 395 g/mol. The quantitative estimate of drug-likeness (QED) is 0.718. The van der Waals surface area contributed by atoms with Crippen LogP contribution < -0.4 is 5.32 Å². The van der Waals surface area contributed by atoms with Crippen LogP contribution in [0.1, 0.15) is 57.2 Å². The van der Waals surface area contributed by atoms with Crippen LogP contribution in [0.3, 0.4) is 0 Å². The molecule has 29 heavy (non-hydrogen) atoms. The van der Waals surface area contributed by atoms with Crippen molar-refractivity contribution in [2.75, 3.05) is 7.05 Å². The summed E-state index contributed by atoms with van der Waals surface area (Å²) in [6.07, 6.45) is 1.63. The third-order valence-corrected chi connectivity index (χ3v) is 5.28. The third kappa shape index (κ3) is 6.45. The molecule has 2 rings (SSSR count). The first-order chi connectivity index (χ1) is 13.8. The molecular weight excluding hydrogens is 360 g/mol. The van der Waals surface area contributed by atoms with Gasteiger partial charge in [0, 0.05) is 20.0 Å². The largest absolute Gasteiger partial charge is 0.357 e. The summed E-state index contributed by atoms with van der Waals surface area (Å²) in [6.45, 7) is 8.95. The first-order valence-electron chi connectivity index (χ1n) is 10.4. The Kier molecular flexibility index (Phi) is 8.00. The molecule has 2 aromatic carbocycles. The number of carbonyl (C=O) groups is 2. The Labute approximate surface area is 175 Å². The molecule has 0 aliphatic heterocycles. The molecule has 0 bridgehead atoms. The minimum atomic E-state index is -0.462. The van der Waals surface area contributed by atoms with Crippen molar-refractivity contribution in [1.29, 1.82) is 0 Å². The van der Waals surface area contributed by atoms with Gasteiger partial charge in [-0.2, -0.15) is 0 Å². The molecule has 0 heterocycles. The fraction of sp³-hybridized carbons (Fsp3) is 0.440. The van der Waals surface area contributed by atoms with Crippen molar-refractivity contribution in [3.8, 4) is 0 Å².